The molecule has 0 atom stereocenters. The van der Waals surface area contributed by atoms with Gasteiger partial charge < -0.3 is 10.2 Å². The van der Waals surface area contributed by atoms with Gasteiger partial charge in [0.2, 0.25) is 5.95 Å². The predicted molar refractivity (Wildman–Crippen MR) is 79.6 cm³/mol. The topological polar surface area (TPSA) is 75.2 Å². The molecule has 0 amide bonds. The lowest BCUT2D eigenvalue weighted by molar-refractivity contribution is 0.582. The Morgan fingerprint density at radius 3 is 2.55 bits per heavy atom. The molecule has 0 aliphatic carbocycles. The lowest BCUT2D eigenvalue weighted by atomic mass is 10.2. The molecular formula is C13H22N4O2S. The molecule has 20 heavy (non-hydrogen) atoms. The highest BCUT2D eigenvalue weighted by Crippen LogP contribution is 2.14. The number of aryl methyl sites for hydroxylation is 1. The van der Waals surface area contributed by atoms with Crippen molar-refractivity contribution in [3.8, 4) is 0 Å². The Balaban J connectivity index is 2.05. The third kappa shape index (κ3) is 3.89. The quantitative estimate of drug-likeness (QED) is 0.873. The smallest absolute Gasteiger partial charge is 0.225 e. The van der Waals surface area contributed by atoms with Gasteiger partial charge in [0.25, 0.3) is 0 Å². The number of hydrogen-bond acceptors (Lipinski definition) is 6. The van der Waals surface area contributed by atoms with Gasteiger partial charge in [0.1, 0.15) is 0 Å². The molecule has 0 radical (unpaired) electrons. The van der Waals surface area contributed by atoms with Gasteiger partial charge in [0, 0.05) is 43.1 Å². The molecule has 112 valence electrons. The third-order valence-electron chi connectivity index (χ3n) is 3.40. The van der Waals surface area contributed by atoms with Gasteiger partial charge in [-0.05, 0) is 6.92 Å². The maximum atomic E-state index is 11.4. The number of anilines is 1. The molecule has 1 N–H and O–H groups in total. The molecule has 0 aromatic carbocycles. The summed E-state index contributed by atoms with van der Waals surface area (Å²) < 4.78 is 22.8. The van der Waals surface area contributed by atoms with Crippen molar-refractivity contribution in [1.82, 2.24) is 15.3 Å². The second-order valence-corrected chi connectivity index (χ2v) is 7.76. The van der Waals surface area contributed by atoms with Crippen molar-refractivity contribution in [1.29, 1.82) is 0 Å². The summed E-state index contributed by atoms with van der Waals surface area (Å²) in [6, 6.07) is 0.418. The SMILES string of the molecule is Cc1nc(N2CCS(=O)(=O)CC2)ncc1CNC(C)C. The summed E-state index contributed by atoms with van der Waals surface area (Å²) in [7, 11) is -2.87. The lowest BCUT2D eigenvalue weighted by Gasteiger charge is -2.27. The zero-order chi connectivity index (χ0) is 14.8. The number of sulfone groups is 1. The van der Waals surface area contributed by atoms with Crippen molar-refractivity contribution in [3.05, 3.63) is 17.5 Å². The van der Waals surface area contributed by atoms with E-state index in [0.717, 1.165) is 17.8 Å². The van der Waals surface area contributed by atoms with E-state index in [1.165, 1.54) is 0 Å². The van der Waals surface area contributed by atoms with E-state index in [2.05, 4.69) is 29.1 Å². The Morgan fingerprint density at radius 2 is 2.00 bits per heavy atom. The Bertz CT molecular complexity index is 558. The lowest BCUT2D eigenvalue weighted by Crippen LogP contribution is -2.41. The van der Waals surface area contributed by atoms with Gasteiger partial charge in [0.05, 0.1) is 11.5 Å². The monoisotopic (exact) mass is 298 g/mol. The van der Waals surface area contributed by atoms with Crippen molar-refractivity contribution >= 4 is 15.8 Å². The van der Waals surface area contributed by atoms with E-state index in [-0.39, 0.29) is 11.5 Å². The van der Waals surface area contributed by atoms with Gasteiger partial charge in [-0.2, -0.15) is 0 Å². The zero-order valence-electron chi connectivity index (χ0n) is 12.3. The van der Waals surface area contributed by atoms with Crippen LogP contribution in [0.4, 0.5) is 5.95 Å². The predicted octanol–water partition coefficient (Wildman–Crippen LogP) is 0.518. The number of nitrogens with zero attached hydrogens (tertiary/aromatic N) is 3. The molecule has 7 heteroatoms. The first-order valence-electron chi connectivity index (χ1n) is 6.88. The van der Waals surface area contributed by atoms with E-state index in [0.29, 0.717) is 25.1 Å². The minimum atomic E-state index is -2.87. The van der Waals surface area contributed by atoms with E-state index >= 15 is 0 Å². The van der Waals surface area contributed by atoms with Crippen LogP contribution >= 0.6 is 0 Å². The second-order valence-electron chi connectivity index (χ2n) is 5.46. The number of hydrogen-bond donors (Lipinski definition) is 1. The third-order valence-corrected chi connectivity index (χ3v) is 5.01. The molecule has 2 rings (SSSR count). The van der Waals surface area contributed by atoms with E-state index < -0.39 is 9.84 Å². The van der Waals surface area contributed by atoms with Crippen LogP contribution < -0.4 is 10.2 Å². The molecule has 2 heterocycles. The number of aromatic nitrogens is 2. The average Bonchev–Trinajstić information content (AvgIpc) is 2.37. The summed E-state index contributed by atoms with van der Waals surface area (Å²) in [5.41, 5.74) is 2.02. The molecule has 1 aromatic heterocycles. The molecule has 1 aromatic rings. The van der Waals surface area contributed by atoms with Crippen molar-refractivity contribution in [2.24, 2.45) is 0 Å². The van der Waals surface area contributed by atoms with Crippen LogP contribution in [0.1, 0.15) is 25.1 Å². The molecule has 6 nitrogen and oxygen atoms in total. The van der Waals surface area contributed by atoms with Gasteiger partial charge >= 0.3 is 0 Å². The first-order chi connectivity index (χ1) is 9.37. The van der Waals surface area contributed by atoms with E-state index in [4.69, 9.17) is 0 Å². The summed E-state index contributed by atoms with van der Waals surface area (Å²) in [6.07, 6.45) is 1.83. The number of rotatable bonds is 4. The van der Waals surface area contributed by atoms with Crippen molar-refractivity contribution in [3.63, 3.8) is 0 Å². The van der Waals surface area contributed by atoms with Crippen LogP contribution in [0, 0.1) is 6.92 Å². The fraction of sp³-hybridized carbons (Fsp3) is 0.692. The van der Waals surface area contributed by atoms with Crippen LogP contribution in [0.25, 0.3) is 0 Å². The Kier molecular flexibility index (Phi) is 4.59. The molecule has 0 bridgehead atoms. The van der Waals surface area contributed by atoms with E-state index in [1.807, 2.05) is 18.0 Å². The van der Waals surface area contributed by atoms with E-state index in [1.54, 1.807) is 0 Å². The molecule has 1 aliphatic heterocycles. The molecule has 1 saturated heterocycles. The highest BCUT2D eigenvalue weighted by molar-refractivity contribution is 7.91. The normalized spacial score (nSPS) is 18.5. The molecule has 1 fully saturated rings. The van der Waals surface area contributed by atoms with Crippen LogP contribution in [0.15, 0.2) is 6.20 Å². The molecular weight excluding hydrogens is 276 g/mol. The maximum Gasteiger partial charge on any atom is 0.225 e. The fourth-order valence-electron chi connectivity index (χ4n) is 2.03. The Hall–Kier alpha value is -1.21. The first-order valence-corrected chi connectivity index (χ1v) is 8.71. The van der Waals surface area contributed by atoms with Crippen LogP contribution in [0.2, 0.25) is 0 Å². The molecule has 0 unspecified atom stereocenters. The summed E-state index contributed by atoms with van der Waals surface area (Å²) in [5.74, 6) is 1.00. The van der Waals surface area contributed by atoms with Crippen LogP contribution in [0.3, 0.4) is 0 Å². The largest absolute Gasteiger partial charge is 0.339 e. The van der Waals surface area contributed by atoms with Crippen molar-refractivity contribution < 1.29 is 8.42 Å². The highest BCUT2D eigenvalue weighted by Gasteiger charge is 2.23. The Morgan fingerprint density at radius 1 is 1.35 bits per heavy atom. The van der Waals surface area contributed by atoms with Gasteiger partial charge in [-0.1, -0.05) is 13.8 Å². The van der Waals surface area contributed by atoms with Crippen LogP contribution in [0.5, 0.6) is 0 Å². The average molecular weight is 298 g/mol. The van der Waals surface area contributed by atoms with Gasteiger partial charge in [0.15, 0.2) is 9.84 Å². The van der Waals surface area contributed by atoms with Gasteiger partial charge in [-0.3, -0.25) is 0 Å². The Labute approximate surface area is 120 Å². The first kappa shape index (κ1) is 15.2. The second kappa shape index (κ2) is 6.05. The standard InChI is InChI=1S/C13H22N4O2S/c1-10(2)14-8-12-9-15-13(16-11(12)3)17-4-6-20(18,19)7-5-17/h9-10,14H,4-8H2,1-3H3. The highest BCUT2D eigenvalue weighted by atomic mass is 32.2. The van der Waals surface area contributed by atoms with Crippen LogP contribution in [-0.2, 0) is 16.4 Å². The molecule has 0 spiro atoms. The summed E-state index contributed by atoms with van der Waals surface area (Å²) in [6.45, 7) is 7.86. The van der Waals surface area contributed by atoms with Crippen LogP contribution in [-0.4, -0.2) is 49.0 Å². The van der Waals surface area contributed by atoms with Gasteiger partial charge in [-0.25, -0.2) is 18.4 Å². The van der Waals surface area contributed by atoms with Crippen molar-refractivity contribution in [2.45, 2.75) is 33.4 Å². The van der Waals surface area contributed by atoms with E-state index in [9.17, 15) is 8.42 Å². The fourth-order valence-corrected chi connectivity index (χ4v) is 3.23. The zero-order valence-corrected chi connectivity index (χ0v) is 13.1. The van der Waals surface area contributed by atoms with Gasteiger partial charge in [-0.15, -0.1) is 0 Å². The summed E-state index contributed by atoms with van der Waals surface area (Å²) in [5, 5.41) is 3.34. The number of nitrogens with one attached hydrogen (secondary N) is 1. The molecule has 1 aliphatic rings. The van der Waals surface area contributed by atoms with Crippen molar-refractivity contribution in [2.75, 3.05) is 29.5 Å². The maximum absolute atomic E-state index is 11.4. The minimum Gasteiger partial charge on any atom is -0.339 e. The summed E-state index contributed by atoms with van der Waals surface area (Å²) in [4.78, 5) is 10.8. The summed E-state index contributed by atoms with van der Waals surface area (Å²) >= 11 is 0. The minimum absolute atomic E-state index is 0.187. The molecule has 0 saturated carbocycles.